The first-order chi connectivity index (χ1) is 9.92. The molecule has 4 nitrogen and oxygen atoms in total. The van der Waals surface area contributed by atoms with Crippen LogP contribution in [0.2, 0.25) is 4.34 Å². The molecule has 0 fully saturated rings. The maximum Gasteiger partial charge on any atom is 0.240 e. The lowest BCUT2D eigenvalue weighted by Crippen LogP contribution is -2.23. The molecule has 0 spiro atoms. The minimum Gasteiger partial charge on any atom is -0.313 e. The van der Waals surface area contributed by atoms with Crippen molar-refractivity contribution in [1.29, 1.82) is 0 Å². The highest BCUT2D eigenvalue weighted by molar-refractivity contribution is 7.89. The maximum atomic E-state index is 12.2. The van der Waals surface area contributed by atoms with Crippen LogP contribution in [-0.4, -0.2) is 15.5 Å². The van der Waals surface area contributed by atoms with Gasteiger partial charge in [-0.3, -0.25) is 0 Å². The molecule has 1 aromatic heterocycles. The largest absolute Gasteiger partial charge is 0.313 e. The molecule has 0 aliphatic rings. The molecule has 0 saturated heterocycles. The SMILES string of the molecule is CNC(C)c1ccc(S(=O)(=O)NCc2ccc(Cl)s2)cc1. The quantitative estimate of drug-likeness (QED) is 0.846. The first-order valence-corrected chi connectivity index (χ1v) is 9.11. The van der Waals surface area contributed by atoms with E-state index >= 15 is 0 Å². The van der Waals surface area contributed by atoms with Gasteiger partial charge in [-0.1, -0.05) is 23.7 Å². The lowest BCUT2D eigenvalue weighted by molar-refractivity contribution is 0.581. The average molecular weight is 345 g/mol. The second kappa shape index (κ2) is 6.89. The van der Waals surface area contributed by atoms with Gasteiger partial charge in [0.2, 0.25) is 10.0 Å². The van der Waals surface area contributed by atoms with Gasteiger partial charge < -0.3 is 5.32 Å². The van der Waals surface area contributed by atoms with Crippen molar-refractivity contribution >= 4 is 33.0 Å². The first kappa shape index (κ1) is 16.5. The van der Waals surface area contributed by atoms with Crippen LogP contribution in [0.25, 0.3) is 0 Å². The summed E-state index contributed by atoms with van der Waals surface area (Å²) in [5.74, 6) is 0. The maximum absolute atomic E-state index is 12.2. The zero-order chi connectivity index (χ0) is 15.5. The van der Waals surface area contributed by atoms with Crippen LogP contribution in [0.5, 0.6) is 0 Å². The summed E-state index contributed by atoms with van der Waals surface area (Å²) in [6.45, 7) is 2.26. The highest BCUT2D eigenvalue weighted by atomic mass is 35.5. The topological polar surface area (TPSA) is 58.2 Å². The second-order valence-corrected chi connectivity index (χ2v) is 8.18. The Bertz CT molecular complexity index is 696. The molecule has 1 heterocycles. The average Bonchev–Trinajstić information content (AvgIpc) is 2.90. The molecule has 21 heavy (non-hydrogen) atoms. The summed E-state index contributed by atoms with van der Waals surface area (Å²) in [6.07, 6.45) is 0. The van der Waals surface area contributed by atoms with Crippen LogP contribution < -0.4 is 10.0 Å². The van der Waals surface area contributed by atoms with E-state index in [1.54, 1.807) is 18.2 Å². The Hall–Kier alpha value is -0.920. The van der Waals surface area contributed by atoms with Crippen molar-refractivity contribution in [3.05, 3.63) is 51.2 Å². The van der Waals surface area contributed by atoms with Crippen LogP contribution in [0.3, 0.4) is 0 Å². The minimum absolute atomic E-state index is 0.183. The van der Waals surface area contributed by atoms with Gasteiger partial charge in [0, 0.05) is 17.5 Å². The molecule has 1 atom stereocenters. The molecule has 2 N–H and O–H groups in total. The van der Waals surface area contributed by atoms with Gasteiger partial charge in [-0.15, -0.1) is 11.3 Å². The van der Waals surface area contributed by atoms with Crippen LogP contribution in [0.4, 0.5) is 0 Å². The van der Waals surface area contributed by atoms with Crippen LogP contribution in [0.1, 0.15) is 23.4 Å². The van der Waals surface area contributed by atoms with Crippen molar-refractivity contribution in [2.45, 2.75) is 24.4 Å². The second-order valence-electron chi connectivity index (χ2n) is 4.61. The number of hydrogen-bond acceptors (Lipinski definition) is 4. The number of rotatable bonds is 6. The van der Waals surface area contributed by atoms with E-state index in [1.165, 1.54) is 11.3 Å². The van der Waals surface area contributed by atoms with Crippen molar-refractivity contribution in [3.63, 3.8) is 0 Å². The fourth-order valence-corrected chi connectivity index (χ4v) is 3.92. The van der Waals surface area contributed by atoms with Gasteiger partial charge in [0.05, 0.1) is 9.23 Å². The normalized spacial score (nSPS) is 13.3. The molecule has 7 heteroatoms. The lowest BCUT2D eigenvalue weighted by Gasteiger charge is -2.11. The standard InChI is InChI=1S/C14H17ClN2O2S2/c1-10(16-2)11-3-6-13(7-4-11)21(18,19)17-9-12-5-8-14(15)20-12/h3-8,10,16-17H,9H2,1-2H3. The first-order valence-electron chi connectivity index (χ1n) is 6.43. The summed E-state index contributed by atoms with van der Waals surface area (Å²) < 4.78 is 27.6. The Morgan fingerprint density at radius 2 is 1.86 bits per heavy atom. The van der Waals surface area contributed by atoms with Gasteiger partial charge in [-0.05, 0) is 43.8 Å². The van der Waals surface area contributed by atoms with E-state index in [-0.39, 0.29) is 17.5 Å². The van der Waals surface area contributed by atoms with E-state index < -0.39 is 10.0 Å². The fraction of sp³-hybridized carbons (Fsp3) is 0.286. The van der Waals surface area contributed by atoms with Crippen LogP contribution in [-0.2, 0) is 16.6 Å². The number of benzene rings is 1. The summed E-state index contributed by atoms with van der Waals surface area (Å²) in [5.41, 5.74) is 1.04. The van der Waals surface area contributed by atoms with Crippen molar-refractivity contribution in [3.8, 4) is 0 Å². The van der Waals surface area contributed by atoms with E-state index in [4.69, 9.17) is 11.6 Å². The molecular formula is C14H17ClN2O2S2. The predicted octanol–water partition coefficient (Wildman–Crippen LogP) is 3.16. The summed E-state index contributed by atoms with van der Waals surface area (Å²) >= 11 is 7.19. The number of thiophene rings is 1. The van der Waals surface area contributed by atoms with Gasteiger partial charge in [0.15, 0.2) is 0 Å². The molecule has 1 aromatic carbocycles. The summed E-state index contributed by atoms with van der Waals surface area (Å²) in [4.78, 5) is 1.14. The Labute approximate surface area is 134 Å². The highest BCUT2D eigenvalue weighted by Crippen LogP contribution is 2.22. The van der Waals surface area contributed by atoms with Gasteiger partial charge >= 0.3 is 0 Å². The molecule has 0 radical (unpaired) electrons. The van der Waals surface area contributed by atoms with Gasteiger partial charge in [-0.25, -0.2) is 13.1 Å². The summed E-state index contributed by atoms with van der Waals surface area (Å²) in [7, 11) is -1.64. The van der Waals surface area contributed by atoms with Crippen LogP contribution >= 0.6 is 22.9 Å². The highest BCUT2D eigenvalue weighted by Gasteiger charge is 2.14. The number of sulfonamides is 1. The molecular weight excluding hydrogens is 328 g/mol. The van der Waals surface area contributed by atoms with Crippen LogP contribution in [0.15, 0.2) is 41.3 Å². The summed E-state index contributed by atoms with van der Waals surface area (Å²) in [5, 5.41) is 3.11. The Morgan fingerprint density at radius 1 is 1.19 bits per heavy atom. The zero-order valence-corrected chi connectivity index (χ0v) is 14.1. The van der Waals surface area contributed by atoms with Gasteiger partial charge in [0.1, 0.15) is 0 Å². The Balaban J connectivity index is 2.08. The number of nitrogens with one attached hydrogen (secondary N) is 2. The van der Waals surface area contributed by atoms with Crippen molar-refractivity contribution in [2.24, 2.45) is 0 Å². The van der Waals surface area contributed by atoms with E-state index in [1.807, 2.05) is 32.2 Å². The van der Waals surface area contributed by atoms with Crippen LogP contribution in [0, 0.1) is 0 Å². The third kappa shape index (κ3) is 4.28. The monoisotopic (exact) mass is 344 g/mol. The van der Waals surface area contributed by atoms with Crippen molar-refractivity contribution in [2.75, 3.05) is 7.05 Å². The molecule has 114 valence electrons. The van der Waals surface area contributed by atoms with E-state index in [9.17, 15) is 8.42 Å². The molecule has 0 aliphatic carbocycles. The Morgan fingerprint density at radius 3 is 2.38 bits per heavy atom. The van der Waals surface area contributed by atoms with Crippen molar-refractivity contribution < 1.29 is 8.42 Å². The molecule has 2 rings (SSSR count). The zero-order valence-electron chi connectivity index (χ0n) is 11.8. The predicted molar refractivity (Wildman–Crippen MR) is 87.3 cm³/mol. The third-order valence-corrected chi connectivity index (χ3v) is 5.84. The van der Waals surface area contributed by atoms with Gasteiger partial charge in [0.25, 0.3) is 0 Å². The van der Waals surface area contributed by atoms with Gasteiger partial charge in [-0.2, -0.15) is 0 Å². The van der Waals surface area contributed by atoms with E-state index in [0.717, 1.165) is 10.4 Å². The third-order valence-electron chi connectivity index (χ3n) is 3.19. The van der Waals surface area contributed by atoms with E-state index in [2.05, 4.69) is 10.0 Å². The summed E-state index contributed by atoms with van der Waals surface area (Å²) in [6, 6.07) is 10.6. The Kier molecular flexibility index (Phi) is 5.40. The number of hydrogen-bond donors (Lipinski definition) is 2. The minimum atomic E-state index is -3.51. The van der Waals surface area contributed by atoms with E-state index in [0.29, 0.717) is 4.34 Å². The molecule has 2 aromatic rings. The molecule has 0 bridgehead atoms. The molecule has 0 amide bonds. The smallest absolute Gasteiger partial charge is 0.240 e. The molecule has 1 unspecified atom stereocenters. The van der Waals surface area contributed by atoms with Crippen molar-refractivity contribution in [1.82, 2.24) is 10.0 Å². The molecule has 0 saturated carbocycles. The fourth-order valence-electron chi connectivity index (χ4n) is 1.80. The lowest BCUT2D eigenvalue weighted by atomic mass is 10.1. The number of halogens is 1. The molecule has 0 aliphatic heterocycles.